The van der Waals surface area contributed by atoms with E-state index in [1.165, 1.54) is 0 Å². The lowest BCUT2D eigenvalue weighted by Crippen LogP contribution is -2.39. The lowest BCUT2D eigenvalue weighted by molar-refractivity contribution is 0.102. The van der Waals surface area contributed by atoms with E-state index in [1.54, 1.807) is 53.5 Å². The summed E-state index contributed by atoms with van der Waals surface area (Å²) in [5.74, 6) is 0.896. The topological polar surface area (TPSA) is 75.7 Å². The number of ether oxygens (including phenoxy) is 1. The lowest BCUT2D eigenvalue weighted by atomic mass is 10.0. The summed E-state index contributed by atoms with van der Waals surface area (Å²) < 4.78 is 32.4. The van der Waals surface area contributed by atoms with Gasteiger partial charge in [-0.3, -0.25) is 4.79 Å². The first kappa shape index (κ1) is 22.8. The van der Waals surface area contributed by atoms with Gasteiger partial charge < -0.3 is 10.1 Å². The molecule has 0 aromatic heterocycles. The average Bonchev–Trinajstić information content (AvgIpc) is 2.74. The highest BCUT2D eigenvalue weighted by atomic mass is 32.2. The van der Waals surface area contributed by atoms with E-state index in [9.17, 15) is 13.2 Å². The molecule has 6 nitrogen and oxygen atoms in total. The summed E-state index contributed by atoms with van der Waals surface area (Å²) in [7, 11) is -1.86. The molecule has 1 amide bonds. The molecule has 1 unspecified atom stereocenters. The van der Waals surface area contributed by atoms with Crippen molar-refractivity contribution in [1.29, 1.82) is 0 Å². The summed E-state index contributed by atoms with van der Waals surface area (Å²) in [6.45, 7) is 3.79. The van der Waals surface area contributed by atoms with Crippen molar-refractivity contribution in [2.45, 2.75) is 29.6 Å². The van der Waals surface area contributed by atoms with E-state index in [0.29, 0.717) is 36.9 Å². The van der Waals surface area contributed by atoms with Crippen LogP contribution < -0.4 is 5.32 Å². The van der Waals surface area contributed by atoms with E-state index in [-0.39, 0.29) is 10.8 Å². The van der Waals surface area contributed by atoms with Gasteiger partial charge in [-0.2, -0.15) is 4.31 Å². The molecule has 0 aliphatic carbocycles. The van der Waals surface area contributed by atoms with Crippen molar-refractivity contribution in [1.82, 2.24) is 4.31 Å². The highest BCUT2D eigenvalue weighted by Crippen LogP contribution is 2.26. The monoisotopic (exact) mass is 448 g/mol. The zero-order valence-electron chi connectivity index (χ0n) is 17.3. The van der Waals surface area contributed by atoms with E-state index < -0.39 is 10.0 Å². The van der Waals surface area contributed by atoms with Crippen LogP contribution in [0.2, 0.25) is 0 Å². The molecule has 1 N–H and O–H groups in total. The maximum absolute atomic E-state index is 12.9. The Morgan fingerprint density at radius 1 is 1.20 bits per heavy atom. The minimum absolute atomic E-state index is 0.226. The van der Waals surface area contributed by atoms with Crippen molar-refractivity contribution >= 4 is 33.4 Å². The average molecular weight is 449 g/mol. The molecule has 162 valence electrons. The van der Waals surface area contributed by atoms with Crippen LogP contribution >= 0.6 is 11.8 Å². The normalized spacial score (nSPS) is 17.6. The number of methoxy groups -OCH3 is 1. The number of rotatable bonds is 8. The summed E-state index contributed by atoms with van der Waals surface area (Å²) in [5, 5.41) is 2.86. The SMILES string of the molecule is COCCSc1ccccc1C(=O)Nc1ccc(S(=O)(=O)N2CCCC(C)C2)cc1. The Morgan fingerprint density at radius 2 is 1.93 bits per heavy atom. The van der Waals surface area contributed by atoms with Crippen molar-refractivity contribution in [2.24, 2.45) is 5.92 Å². The van der Waals surface area contributed by atoms with Gasteiger partial charge in [-0.1, -0.05) is 19.1 Å². The molecule has 0 bridgehead atoms. The van der Waals surface area contributed by atoms with Crippen LogP contribution in [0.3, 0.4) is 0 Å². The van der Waals surface area contributed by atoms with Crippen molar-refractivity contribution in [3.05, 3.63) is 54.1 Å². The number of amides is 1. The predicted octanol–water partition coefficient (Wildman–Crippen LogP) is 4.10. The molecule has 2 aromatic rings. The van der Waals surface area contributed by atoms with Gasteiger partial charge in [-0.05, 0) is 55.2 Å². The quantitative estimate of drug-likeness (QED) is 0.486. The minimum atomic E-state index is -3.51. The molecule has 2 aromatic carbocycles. The van der Waals surface area contributed by atoms with Gasteiger partial charge in [0, 0.05) is 36.5 Å². The molecule has 1 aliphatic heterocycles. The molecule has 3 rings (SSSR count). The number of hydrogen-bond donors (Lipinski definition) is 1. The third-order valence-electron chi connectivity index (χ3n) is 5.05. The number of nitrogens with zero attached hydrogens (tertiary/aromatic N) is 1. The van der Waals surface area contributed by atoms with Gasteiger partial charge in [0.1, 0.15) is 0 Å². The molecule has 30 heavy (non-hydrogen) atoms. The van der Waals surface area contributed by atoms with Crippen LogP contribution in [0.4, 0.5) is 5.69 Å². The zero-order chi connectivity index (χ0) is 21.6. The van der Waals surface area contributed by atoms with Gasteiger partial charge in [-0.15, -0.1) is 11.8 Å². The molecule has 0 spiro atoms. The van der Waals surface area contributed by atoms with E-state index in [0.717, 1.165) is 23.5 Å². The van der Waals surface area contributed by atoms with Crippen molar-refractivity contribution < 1.29 is 17.9 Å². The van der Waals surface area contributed by atoms with E-state index in [2.05, 4.69) is 12.2 Å². The van der Waals surface area contributed by atoms with Crippen LogP contribution in [0.1, 0.15) is 30.1 Å². The molecule has 1 heterocycles. The maximum atomic E-state index is 12.9. The predicted molar refractivity (Wildman–Crippen MR) is 121 cm³/mol. The summed E-state index contributed by atoms with van der Waals surface area (Å²) in [5.41, 5.74) is 1.14. The van der Waals surface area contributed by atoms with Crippen LogP contribution in [-0.4, -0.2) is 51.2 Å². The lowest BCUT2D eigenvalue weighted by Gasteiger charge is -2.30. The first-order valence-corrected chi connectivity index (χ1v) is 12.5. The number of piperidine rings is 1. The number of benzene rings is 2. The van der Waals surface area contributed by atoms with Crippen LogP contribution in [0.15, 0.2) is 58.3 Å². The third-order valence-corrected chi connectivity index (χ3v) is 7.96. The number of nitrogens with one attached hydrogen (secondary N) is 1. The molecular weight excluding hydrogens is 420 g/mol. The smallest absolute Gasteiger partial charge is 0.256 e. The highest BCUT2D eigenvalue weighted by Gasteiger charge is 2.28. The largest absolute Gasteiger partial charge is 0.384 e. The van der Waals surface area contributed by atoms with Gasteiger partial charge in [0.15, 0.2) is 0 Å². The summed E-state index contributed by atoms with van der Waals surface area (Å²) in [6.07, 6.45) is 1.94. The van der Waals surface area contributed by atoms with Crippen LogP contribution in [0, 0.1) is 5.92 Å². The van der Waals surface area contributed by atoms with Gasteiger partial charge in [0.25, 0.3) is 5.91 Å². The Balaban J connectivity index is 1.69. The molecular formula is C22H28N2O4S2. The number of anilines is 1. The Kier molecular flexibility index (Phi) is 7.93. The molecule has 1 aliphatic rings. The first-order valence-electron chi connectivity index (χ1n) is 10.0. The second kappa shape index (κ2) is 10.4. The number of sulfonamides is 1. The number of hydrogen-bond acceptors (Lipinski definition) is 5. The fourth-order valence-corrected chi connectivity index (χ4v) is 6.00. The summed E-state index contributed by atoms with van der Waals surface area (Å²) >= 11 is 1.56. The Bertz CT molecular complexity index is 961. The highest BCUT2D eigenvalue weighted by molar-refractivity contribution is 7.99. The van der Waals surface area contributed by atoms with Gasteiger partial charge in [-0.25, -0.2) is 8.42 Å². The van der Waals surface area contributed by atoms with E-state index in [1.807, 2.05) is 18.2 Å². The second-order valence-corrected chi connectivity index (χ2v) is 10.5. The van der Waals surface area contributed by atoms with Crippen molar-refractivity contribution in [3.8, 4) is 0 Å². The zero-order valence-corrected chi connectivity index (χ0v) is 19.0. The van der Waals surface area contributed by atoms with E-state index >= 15 is 0 Å². The molecule has 0 saturated carbocycles. The fourth-order valence-electron chi connectivity index (χ4n) is 3.44. The molecule has 1 atom stereocenters. The molecule has 1 fully saturated rings. The van der Waals surface area contributed by atoms with Crippen molar-refractivity contribution in [2.75, 3.05) is 37.9 Å². The Hall–Kier alpha value is -1.87. The van der Waals surface area contributed by atoms with Crippen LogP contribution in [0.25, 0.3) is 0 Å². The first-order chi connectivity index (χ1) is 14.4. The van der Waals surface area contributed by atoms with Gasteiger partial charge in [0.2, 0.25) is 10.0 Å². The van der Waals surface area contributed by atoms with E-state index in [4.69, 9.17) is 4.74 Å². The Morgan fingerprint density at radius 3 is 2.63 bits per heavy atom. The number of carbonyl (C=O) groups is 1. The summed E-state index contributed by atoms with van der Waals surface area (Å²) in [4.78, 5) is 13.9. The Labute approximate surface area is 183 Å². The van der Waals surface area contributed by atoms with Crippen LogP contribution in [-0.2, 0) is 14.8 Å². The number of carbonyl (C=O) groups excluding carboxylic acids is 1. The van der Waals surface area contributed by atoms with Crippen LogP contribution in [0.5, 0.6) is 0 Å². The molecule has 1 saturated heterocycles. The van der Waals surface area contributed by atoms with Gasteiger partial charge >= 0.3 is 0 Å². The standard InChI is InChI=1S/C22H28N2O4S2/c1-17-6-5-13-24(16-17)30(26,27)19-11-9-18(10-12-19)23-22(25)20-7-3-4-8-21(20)29-15-14-28-2/h3-4,7-12,17H,5-6,13-16H2,1-2H3,(H,23,25). The third kappa shape index (κ3) is 5.63. The van der Waals surface area contributed by atoms with Gasteiger partial charge in [0.05, 0.1) is 17.1 Å². The molecule has 8 heteroatoms. The fraction of sp³-hybridized carbons (Fsp3) is 0.409. The minimum Gasteiger partial charge on any atom is -0.384 e. The van der Waals surface area contributed by atoms with Crippen molar-refractivity contribution in [3.63, 3.8) is 0 Å². The second-order valence-electron chi connectivity index (χ2n) is 7.43. The number of thioether (sulfide) groups is 1. The maximum Gasteiger partial charge on any atom is 0.256 e. The summed E-state index contributed by atoms with van der Waals surface area (Å²) in [6, 6.07) is 13.8. The molecule has 0 radical (unpaired) electrons.